The Hall–Kier alpha value is -3.23. The maximum Gasteiger partial charge on any atom is 0.279 e. The van der Waals surface area contributed by atoms with Gasteiger partial charge in [-0.1, -0.05) is 6.07 Å². The van der Waals surface area contributed by atoms with E-state index in [0.29, 0.717) is 22.2 Å². The zero-order valence-corrected chi connectivity index (χ0v) is 17.4. The second-order valence-corrected chi connectivity index (χ2v) is 10.3. The van der Waals surface area contributed by atoms with E-state index >= 15 is 0 Å². The number of hydrogen-bond acceptors (Lipinski definition) is 7. The van der Waals surface area contributed by atoms with E-state index in [1.54, 1.807) is 25.3 Å². The number of hydrazone groups is 1. The summed E-state index contributed by atoms with van der Waals surface area (Å²) in [5.41, 5.74) is 1.94. The van der Waals surface area contributed by atoms with Crippen LogP contribution in [-0.4, -0.2) is 50.4 Å². The largest absolute Gasteiger partial charge is 0.279 e. The van der Waals surface area contributed by atoms with Crippen LogP contribution in [0.25, 0.3) is 5.52 Å². The summed E-state index contributed by atoms with van der Waals surface area (Å²) in [6.45, 7) is 1.57. The predicted octanol–water partition coefficient (Wildman–Crippen LogP) is 1.57. The van der Waals surface area contributed by atoms with Crippen LogP contribution in [0.5, 0.6) is 0 Å². The van der Waals surface area contributed by atoms with Gasteiger partial charge in [0.25, 0.3) is 10.0 Å². The Kier molecular flexibility index (Phi) is 5.16. The van der Waals surface area contributed by atoms with Crippen molar-refractivity contribution in [3.63, 3.8) is 0 Å². The van der Waals surface area contributed by atoms with E-state index in [-0.39, 0.29) is 9.79 Å². The third-order valence-electron chi connectivity index (χ3n) is 4.25. The number of rotatable bonds is 5. The number of sulfone groups is 1. The van der Waals surface area contributed by atoms with Crippen molar-refractivity contribution in [1.29, 1.82) is 5.26 Å². The summed E-state index contributed by atoms with van der Waals surface area (Å²) in [5, 5.41) is 17.2. The Morgan fingerprint density at radius 3 is 2.59 bits per heavy atom. The summed E-state index contributed by atoms with van der Waals surface area (Å²) in [6.07, 6.45) is 5.44. The standard InChI is InChI=1S/C18H17N5O4S2/c1-13-4-5-16(28(3,24)25)9-18(13)29(26,27)22(2)20-11-15-12-21-23-7-6-14(10-19)8-17(15)23/h4-9,11-12H,1-3H3. The van der Waals surface area contributed by atoms with Gasteiger partial charge in [0.15, 0.2) is 9.84 Å². The fourth-order valence-corrected chi connectivity index (χ4v) is 4.53. The molecule has 0 atom stereocenters. The minimum absolute atomic E-state index is 0.0919. The van der Waals surface area contributed by atoms with Gasteiger partial charge in [0.05, 0.1) is 39.4 Å². The number of benzene rings is 1. The molecule has 0 aliphatic rings. The van der Waals surface area contributed by atoms with Gasteiger partial charge in [-0.15, -0.1) is 0 Å². The average Bonchev–Trinajstić information content (AvgIpc) is 3.07. The van der Waals surface area contributed by atoms with Gasteiger partial charge in [0.2, 0.25) is 0 Å². The molecule has 150 valence electrons. The van der Waals surface area contributed by atoms with Gasteiger partial charge in [0.1, 0.15) is 0 Å². The predicted molar refractivity (Wildman–Crippen MR) is 107 cm³/mol. The molecule has 0 spiro atoms. The highest BCUT2D eigenvalue weighted by Crippen LogP contribution is 2.23. The second kappa shape index (κ2) is 7.31. The minimum atomic E-state index is -4.08. The van der Waals surface area contributed by atoms with Gasteiger partial charge in [-0.2, -0.15) is 28.3 Å². The number of pyridine rings is 1. The Morgan fingerprint density at radius 1 is 1.21 bits per heavy atom. The van der Waals surface area contributed by atoms with Gasteiger partial charge < -0.3 is 0 Å². The molecule has 3 rings (SSSR count). The monoisotopic (exact) mass is 431 g/mol. The third kappa shape index (κ3) is 3.98. The highest BCUT2D eigenvalue weighted by atomic mass is 32.2. The molecule has 0 saturated heterocycles. The Morgan fingerprint density at radius 2 is 1.93 bits per heavy atom. The quantitative estimate of drug-likeness (QED) is 0.446. The van der Waals surface area contributed by atoms with Gasteiger partial charge in [0, 0.05) is 25.1 Å². The molecule has 0 unspecified atom stereocenters. The van der Waals surface area contributed by atoms with Crippen LogP contribution in [0.2, 0.25) is 0 Å². The Bertz CT molecular complexity index is 1380. The zero-order valence-electron chi connectivity index (χ0n) is 15.8. The van der Waals surface area contributed by atoms with Crippen molar-refractivity contribution in [3.8, 4) is 6.07 Å². The molecular weight excluding hydrogens is 414 g/mol. The molecule has 3 aromatic rings. The first-order valence-electron chi connectivity index (χ1n) is 8.25. The summed E-state index contributed by atoms with van der Waals surface area (Å²) in [4.78, 5) is -0.238. The van der Waals surface area contributed by atoms with Gasteiger partial charge in [-0.3, -0.25) is 0 Å². The molecule has 0 N–H and O–H groups in total. The van der Waals surface area contributed by atoms with Crippen LogP contribution < -0.4 is 0 Å². The topological polar surface area (TPSA) is 125 Å². The minimum Gasteiger partial charge on any atom is -0.240 e. The molecular formula is C18H17N5O4S2. The summed E-state index contributed by atoms with van der Waals surface area (Å²) in [7, 11) is -6.39. The molecule has 2 aromatic heterocycles. The van der Waals surface area contributed by atoms with E-state index < -0.39 is 19.9 Å². The normalized spacial score (nSPS) is 12.3. The van der Waals surface area contributed by atoms with Crippen molar-refractivity contribution in [2.75, 3.05) is 13.3 Å². The molecule has 0 radical (unpaired) electrons. The molecule has 0 amide bonds. The first-order valence-corrected chi connectivity index (χ1v) is 11.6. The molecule has 0 fully saturated rings. The molecule has 9 nitrogen and oxygen atoms in total. The fraction of sp³-hybridized carbons (Fsp3) is 0.167. The van der Waals surface area contributed by atoms with E-state index in [1.807, 2.05) is 6.07 Å². The molecule has 0 aliphatic carbocycles. The van der Waals surface area contributed by atoms with Crippen LogP contribution in [0.15, 0.2) is 57.6 Å². The summed E-state index contributed by atoms with van der Waals surface area (Å²) >= 11 is 0. The lowest BCUT2D eigenvalue weighted by atomic mass is 10.2. The summed E-state index contributed by atoms with van der Waals surface area (Å²) in [6, 6.07) is 9.17. The van der Waals surface area contributed by atoms with Crippen LogP contribution >= 0.6 is 0 Å². The van der Waals surface area contributed by atoms with E-state index in [2.05, 4.69) is 10.2 Å². The first kappa shape index (κ1) is 20.5. The number of hydrogen-bond donors (Lipinski definition) is 0. The highest BCUT2D eigenvalue weighted by molar-refractivity contribution is 7.91. The molecule has 1 aromatic carbocycles. The van der Waals surface area contributed by atoms with Crippen LogP contribution in [0.4, 0.5) is 0 Å². The van der Waals surface area contributed by atoms with E-state index in [9.17, 15) is 16.8 Å². The van der Waals surface area contributed by atoms with E-state index in [4.69, 9.17) is 5.26 Å². The number of aryl methyl sites for hydroxylation is 1. The van der Waals surface area contributed by atoms with E-state index in [1.165, 1.54) is 36.1 Å². The lowest BCUT2D eigenvalue weighted by molar-refractivity contribution is 0.490. The smallest absolute Gasteiger partial charge is 0.240 e. The number of aromatic nitrogens is 2. The van der Waals surface area contributed by atoms with Crippen LogP contribution in [0, 0.1) is 18.3 Å². The molecule has 2 heterocycles. The lowest BCUT2D eigenvalue weighted by Gasteiger charge is -2.16. The highest BCUT2D eigenvalue weighted by Gasteiger charge is 2.23. The van der Waals surface area contributed by atoms with Crippen molar-refractivity contribution in [2.24, 2.45) is 5.10 Å². The fourth-order valence-electron chi connectivity index (χ4n) is 2.61. The van der Waals surface area contributed by atoms with Gasteiger partial charge in [-0.25, -0.2) is 12.9 Å². The van der Waals surface area contributed by atoms with Gasteiger partial charge >= 0.3 is 0 Å². The van der Waals surface area contributed by atoms with Crippen LogP contribution in [0.1, 0.15) is 16.7 Å². The summed E-state index contributed by atoms with van der Waals surface area (Å²) < 4.78 is 51.7. The van der Waals surface area contributed by atoms with Crippen molar-refractivity contribution in [2.45, 2.75) is 16.7 Å². The number of fused-ring (bicyclic) bond motifs is 1. The number of sulfonamides is 1. The van der Waals surface area contributed by atoms with Crippen LogP contribution in [-0.2, 0) is 19.9 Å². The molecule has 0 saturated carbocycles. The third-order valence-corrected chi connectivity index (χ3v) is 7.15. The first-order chi connectivity index (χ1) is 13.5. The van der Waals surface area contributed by atoms with Crippen LogP contribution in [0.3, 0.4) is 0 Å². The maximum absolute atomic E-state index is 12.9. The molecule has 29 heavy (non-hydrogen) atoms. The van der Waals surface area contributed by atoms with Gasteiger partial charge in [-0.05, 0) is 36.8 Å². The summed E-state index contributed by atoms with van der Waals surface area (Å²) in [5.74, 6) is 0. The average molecular weight is 431 g/mol. The van der Waals surface area contributed by atoms with Crippen molar-refractivity contribution in [3.05, 3.63) is 59.4 Å². The molecule has 0 bridgehead atoms. The second-order valence-electron chi connectivity index (χ2n) is 6.34. The number of nitrogens with zero attached hydrogens (tertiary/aromatic N) is 5. The van der Waals surface area contributed by atoms with Crippen molar-refractivity contribution in [1.82, 2.24) is 14.0 Å². The maximum atomic E-state index is 12.9. The van der Waals surface area contributed by atoms with Crippen molar-refractivity contribution < 1.29 is 16.8 Å². The molecule has 11 heteroatoms. The lowest BCUT2D eigenvalue weighted by Crippen LogP contribution is -2.23. The Labute approximate surface area is 168 Å². The Balaban J connectivity index is 1.99. The number of nitriles is 1. The van der Waals surface area contributed by atoms with Crippen molar-refractivity contribution >= 4 is 31.6 Å². The van der Waals surface area contributed by atoms with E-state index in [0.717, 1.165) is 16.7 Å². The SMILES string of the molecule is Cc1ccc(S(C)(=O)=O)cc1S(=O)(=O)N(C)N=Cc1cnn2ccc(C#N)cc12. The molecule has 0 aliphatic heterocycles. The zero-order chi connectivity index (χ0) is 21.4.